The van der Waals surface area contributed by atoms with E-state index < -0.39 is 5.91 Å². The van der Waals surface area contributed by atoms with Gasteiger partial charge >= 0.3 is 0 Å². The number of piperidine rings is 1. The van der Waals surface area contributed by atoms with Gasteiger partial charge < -0.3 is 16.4 Å². The van der Waals surface area contributed by atoms with Crippen molar-refractivity contribution < 1.29 is 4.79 Å². The van der Waals surface area contributed by atoms with Crippen molar-refractivity contribution >= 4 is 40.1 Å². The molecule has 1 aliphatic heterocycles. The average molecular weight is 414 g/mol. The molecule has 4 N–H and O–H groups in total. The van der Waals surface area contributed by atoms with Crippen molar-refractivity contribution in [3.05, 3.63) is 15.2 Å². The van der Waals surface area contributed by atoms with Crippen molar-refractivity contribution in [2.45, 2.75) is 39.0 Å². The lowest BCUT2D eigenvalue weighted by Gasteiger charge is -2.43. The number of rotatable bonds is 2. The number of aromatic nitrogens is 1. The fourth-order valence-electron chi connectivity index (χ4n) is 4.13. The van der Waals surface area contributed by atoms with Crippen molar-refractivity contribution in [3.63, 3.8) is 0 Å². The van der Waals surface area contributed by atoms with E-state index in [1.807, 2.05) is 0 Å². The first kappa shape index (κ1) is 15.8. The largest absolute Gasteiger partial charge is 0.383 e. The fourth-order valence-corrected chi connectivity index (χ4v) is 4.57. The minimum atomic E-state index is -0.435. The van der Waals surface area contributed by atoms with Crippen LogP contribution in [0.5, 0.6) is 0 Å². The first-order valence-electron chi connectivity index (χ1n) is 7.94. The number of nitrogen functional groups attached to an aromatic ring is 1. The number of hydrogen-bond acceptors (Lipinski definition) is 4. The van der Waals surface area contributed by atoms with Gasteiger partial charge in [0.2, 0.25) is 0 Å². The summed E-state index contributed by atoms with van der Waals surface area (Å²) >= 11 is 2.09. The molecule has 120 valence electrons. The summed E-state index contributed by atoms with van der Waals surface area (Å²) in [5, 5.41) is 0. The topological polar surface area (TPSA) is 85.2 Å². The van der Waals surface area contributed by atoms with Crippen LogP contribution in [0.3, 0.4) is 0 Å². The molecule has 1 aromatic heterocycles. The molecule has 22 heavy (non-hydrogen) atoms. The van der Waals surface area contributed by atoms with Gasteiger partial charge in [-0.3, -0.25) is 4.79 Å². The fraction of sp³-hybridized carbons (Fsp3) is 0.625. The number of pyridine rings is 1. The molecule has 0 unspecified atom stereocenters. The molecule has 1 amide bonds. The van der Waals surface area contributed by atoms with Crippen LogP contribution in [0.4, 0.5) is 11.6 Å². The van der Waals surface area contributed by atoms with Gasteiger partial charge in [0.1, 0.15) is 11.6 Å². The van der Waals surface area contributed by atoms with Crippen molar-refractivity contribution in [2.24, 2.45) is 17.1 Å². The maximum atomic E-state index is 11.7. The van der Waals surface area contributed by atoms with E-state index in [9.17, 15) is 4.79 Å². The molecule has 1 aromatic rings. The molecule has 1 atom stereocenters. The molecule has 1 saturated heterocycles. The Kier molecular flexibility index (Phi) is 4.22. The van der Waals surface area contributed by atoms with Gasteiger partial charge in [-0.05, 0) is 59.3 Å². The minimum absolute atomic E-state index is 0.435. The van der Waals surface area contributed by atoms with Gasteiger partial charge in [-0.2, -0.15) is 0 Å². The normalized spacial score (nSPS) is 23.9. The minimum Gasteiger partial charge on any atom is -0.383 e. The Bertz CT molecular complexity index is 596. The van der Waals surface area contributed by atoms with Gasteiger partial charge in [0.25, 0.3) is 5.91 Å². The Morgan fingerprint density at radius 3 is 2.64 bits per heavy atom. The van der Waals surface area contributed by atoms with Crippen LogP contribution in [-0.4, -0.2) is 24.0 Å². The highest BCUT2D eigenvalue weighted by Crippen LogP contribution is 2.50. The number of primary amides is 1. The van der Waals surface area contributed by atoms with E-state index in [0.717, 1.165) is 22.6 Å². The van der Waals surface area contributed by atoms with Crippen LogP contribution < -0.4 is 16.4 Å². The zero-order chi connectivity index (χ0) is 15.9. The number of nitrogens with two attached hydrogens (primary N) is 2. The monoisotopic (exact) mass is 414 g/mol. The summed E-state index contributed by atoms with van der Waals surface area (Å²) in [6.07, 6.45) is 6.37. The molecule has 0 radical (unpaired) electrons. The molecule has 2 fully saturated rings. The maximum absolute atomic E-state index is 11.7. The molecule has 2 heterocycles. The van der Waals surface area contributed by atoms with E-state index in [1.54, 1.807) is 6.07 Å². The van der Waals surface area contributed by atoms with Crippen molar-refractivity contribution in [3.8, 4) is 0 Å². The molecule has 0 aromatic carbocycles. The van der Waals surface area contributed by atoms with Gasteiger partial charge in [-0.1, -0.05) is 19.8 Å². The third kappa shape index (κ3) is 2.66. The van der Waals surface area contributed by atoms with Crippen LogP contribution in [0.1, 0.15) is 49.4 Å². The van der Waals surface area contributed by atoms with Crippen LogP contribution in [-0.2, 0) is 0 Å². The Balaban J connectivity index is 1.84. The first-order valence-corrected chi connectivity index (χ1v) is 9.01. The lowest BCUT2D eigenvalue weighted by atomic mass is 9.71. The number of hydrogen-bond donors (Lipinski definition) is 2. The Hall–Kier alpha value is -1.05. The van der Waals surface area contributed by atoms with Crippen molar-refractivity contribution in [1.29, 1.82) is 0 Å². The smallest absolute Gasteiger partial charge is 0.252 e. The van der Waals surface area contributed by atoms with E-state index in [2.05, 4.69) is 39.4 Å². The molecule has 1 spiro atoms. The van der Waals surface area contributed by atoms with Gasteiger partial charge in [0.05, 0.1) is 9.13 Å². The Morgan fingerprint density at radius 1 is 1.41 bits per heavy atom. The van der Waals surface area contributed by atoms with Gasteiger partial charge in [0, 0.05) is 13.1 Å². The summed E-state index contributed by atoms with van der Waals surface area (Å²) in [5.74, 6) is 1.50. The predicted octanol–water partition coefficient (Wildman–Crippen LogP) is 2.77. The molecular formula is C16H23IN4O. The third-order valence-electron chi connectivity index (χ3n) is 5.66. The number of amides is 1. The lowest BCUT2D eigenvalue weighted by molar-refractivity contribution is 0.1000. The van der Waals surface area contributed by atoms with Gasteiger partial charge in [-0.25, -0.2) is 4.98 Å². The van der Waals surface area contributed by atoms with Crippen LogP contribution in [0.2, 0.25) is 0 Å². The molecule has 1 saturated carbocycles. The molecular weight excluding hydrogens is 391 g/mol. The van der Waals surface area contributed by atoms with E-state index >= 15 is 0 Å². The Labute approximate surface area is 145 Å². The van der Waals surface area contributed by atoms with E-state index in [1.165, 1.54) is 32.1 Å². The van der Waals surface area contributed by atoms with E-state index in [4.69, 9.17) is 11.5 Å². The molecule has 3 rings (SSSR count). The summed E-state index contributed by atoms with van der Waals surface area (Å²) in [6, 6.07) is 1.75. The predicted molar refractivity (Wildman–Crippen MR) is 96.8 cm³/mol. The Morgan fingerprint density at radius 2 is 2.09 bits per heavy atom. The maximum Gasteiger partial charge on any atom is 0.252 e. The zero-order valence-electron chi connectivity index (χ0n) is 12.9. The second-order valence-electron chi connectivity index (χ2n) is 6.73. The lowest BCUT2D eigenvalue weighted by Crippen LogP contribution is -2.42. The highest BCUT2D eigenvalue weighted by molar-refractivity contribution is 14.1. The SMILES string of the molecule is C[C@@H]1CCCC12CCN(c1nc(N)c(I)cc1C(N)=O)CC2. The molecule has 0 bridgehead atoms. The first-order chi connectivity index (χ1) is 10.4. The number of carbonyl (C=O) groups is 1. The summed E-state index contributed by atoms with van der Waals surface area (Å²) in [6.45, 7) is 4.24. The van der Waals surface area contributed by atoms with Crippen LogP contribution >= 0.6 is 22.6 Å². The van der Waals surface area contributed by atoms with Gasteiger partial charge in [0.15, 0.2) is 0 Å². The standard InChI is InChI=1S/C16H23IN4O/c1-10-3-2-4-16(10)5-7-21(8-6-16)15-11(14(19)22)9-12(17)13(18)20-15/h9-10H,2-8H2,1H3,(H2,18,20)(H2,19,22)/t10-/m1/s1. The molecule has 5 nitrogen and oxygen atoms in total. The summed E-state index contributed by atoms with van der Waals surface area (Å²) in [7, 11) is 0. The highest BCUT2D eigenvalue weighted by atomic mass is 127. The third-order valence-corrected chi connectivity index (χ3v) is 6.53. The second-order valence-corrected chi connectivity index (χ2v) is 7.90. The van der Waals surface area contributed by atoms with Crippen molar-refractivity contribution in [2.75, 3.05) is 23.7 Å². The van der Waals surface area contributed by atoms with Crippen LogP contribution in [0.25, 0.3) is 0 Å². The highest BCUT2D eigenvalue weighted by Gasteiger charge is 2.42. The van der Waals surface area contributed by atoms with Crippen LogP contribution in [0.15, 0.2) is 6.07 Å². The molecule has 6 heteroatoms. The number of anilines is 2. The quantitative estimate of drug-likeness (QED) is 0.729. The van der Waals surface area contributed by atoms with Crippen molar-refractivity contribution in [1.82, 2.24) is 4.98 Å². The molecule has 1 aliphatic carbocycles. The van der Waals surface area contributed by atoms with E-state index in [0.29, 0.717) is 22.6 Å². The summed E-state index contributed by atoms with van der Waals surface area (Å²) < 4.78 is 0.771. The average Bonchev–Trinajstić information content (AvgIpc) is 2.83. The number of carbonyl (C=O) groups excluding carboxylic acids is 1. The van der Waals surface area contributed by atoms with Gasteiger partial charge in [-0.15, -0.1) is 0 Å². The molecule has 2 aliphatic rings. The summed E-state index contributed by atoms with van der Waals surface area (Å²) in [5.41, 5.74) is 12.4. The van der Waals surface area contributed by atoms with Crippen LogP contribution in [0, 0.1) is 14.9 Å². The zero-order valence-corrected chi connectivity index (χ0v) is 15.1. The number of halogens is 1. The summed E-state index contributed by atoms with van der Waals surface area (Å²) in [4.78, 5) is 18.4. The number of nitrogens with zero attached hydrogens (tertiary/aromatic N) is 2. The van der Waals surface area contributed by atoms with E-state index in [-0.39, 0.29) is 0 Å². The second kappa shape index (κ2) is 5.86.